The predicted octanol–water partition coefficient (Wildman–Crippen LogP) is 15.3. The van der Waals surface area contributed by atoms with Gasteiger partial charge in [-0.3, -0.25) is 0 Å². The highest BCUT2D eigenvalue weighted by molar-refractivity contribution is 7.26. The third kappa shape index (κ3) is 5.74. The van der Waals surface area contributed by atoms with Gasteiger partial charge < -0.3 is 4.90 Å². The van der Waals surface area contributed by atoms with E-state index in [2.05, 4.69) is 217 Å². The van der Waals surface area contributed by atoms with Crippen LogP contribution < -0.4 is 4.90 Å². The molecular weight excluding hydrogens is 671 g/mol. The summed E-state index contributed by atoms with van der Waals surface area (Å²) in [6, 6.07) is 77.1. The van der Waals surface area contributed by atoms with Crippen LogP contribution in [0.25, 0.3) is 75.5 Å². The molecule has 9 aromatic carbocycles. The van der Waals surface area contributed by atoms with Crippen LogP contribution in [-0.2, 0) is 0 Å². The molecule has 0 spiro atoms. The molecule has 0 unspecified atom stereocenters. The lowest BCUT2D eigenvalue weighted by atomic mass is 9.97. The average Bonchev–Trinajstić information content (AvgIpc) is 3.63. The Labute approximate surface area is 319 Å². The van der Waals surface area contributed by atoms with Gasteiger partial charge in [0.05, 0.1) is 11.4 Å². The van der Waals surface area contributed by atoms with Crippen molar-refractivity contribution in [2.75, 3.05) is 4.90 Å². The quantitative estimate of drug-likeness (QED) is 0.160. The second-order valence-electron chi connectivity index (χ2n) is 13.7. The van der Waals surface area contributed by atoms with Crippen LogP contribution in [0.15, 0.2) is 212 Å². The van der Waals surface area contributed by atoms with Gasteiger partial charge in [0, 0.05) is 42.2 Å². The fraction of sp³-hybridized carbons (Fsp3) is 0. The Kier molecular flexibility index (Phi) is 8.09. The van der Waals surface area contributed by atoms with Crippen LogP contribution in [0.1, 0.15) is 0 Å². The van der Waals surface area contributed by atoms with E-state index >= 15 is 0 Å². The van der Waals surface area contributed by atoms with E-state index in [1.807, 2.05) is 11.3 Å². The number of benzene rings is 9. The van der Waals surface area contributed by atoms with Crippen molar-refractivity contribution in [3.8, 4) is 44.5 Å². The first kappa shape index (κ1) is 32.0. The molecule has 2 heteroatoms. The zero-order valence-corrected chi connectivity index (χ0v) is 30.4. The fourth-order valence-electron chi connectivity index (χ4n) is 7.80. The zero-order chi connectivity index (χ0) is 35.8. The Morgan fingerprint density at radius 2 is 0.778 bits per heavy atom. The summed E-state index contributed by atoms with van der Waals surface area (Å²) in [6.45, 7) is 0. The van der Waals surface area contributed by atoms with E-state index < -0.39 is 0 Å². The largest absolute Gasteiger partial charge is 0.309 e. The zero-order valence-electron chi connectivity index (χ0n) is 29.6. The van der Waals surface area contributed by atoms with Crippen molar-refractivity contribution in [3.05, 3.63) is 212 Å². The minimum Gasteiger partial charge on any atom is -0.309 e. The standard InChI is InChI=1S/C52H35NS/c1-4-14-36(15-5-1)38-24-26-39(27-25-38)40-28-31-43(32-29-40)53(49-23-13-12-20-44(49)41-18-8-3-9-19-41)50-35-48-47-34-42(37-16-6-2-7-17-37)30-33-51(47)54-52(48)46-22-11-10-21-45(46)50/h1-35H. The summed E-state index contributed by atoms with van der Waals surface area (Å²) in [5.41, 5.74) is 13.1. The molecule has 0 amide bonds. The lowest BCUT2D eigenvalue weighted by Crippen LogP contribution is -2.11. The van der Waals surface area contributed by atoms with Gasteiger partial charge in [0.25, 0.3) is 0 Å². The average molecular weight is 706 g/mol. The summed E-state index contributed by atoms with van der Waals surface area (Å²) in [4.78, 5) is 2.47. The van der Waals surface area contributed by atoms with E-state index in [1.54, 1.807) is 0 Å². The Hall–Kier alpha value is -6.74. The van der Waals surface area contributed by atoms with Crippen LogP contribution in [0.5, 0.6) is 0 Å². The summed E-state index contributed by atoms with van der Waals surface area (Å²) < 4.78 is 2.62. The lowest BCUT2D eigenvalue weighted by Gasteiger charge is -2.29. The number of nitrogens with zero attached hydrogens (tertiary/aromatic N) is 1. The molecule has 0 radical (unpaired) electrons. The fourth-order valence-corrected chi connectivity index (χ4v) is 9.00. The number of hydrogen-bond donors (Lipinski definition) is 0. The number of thiophene rings is 1. The molecule has 0 saturated carbocycles. The first-order chi connectivity index (χ1) is 26.8. The molecule has 0 aliphatic carbocycles. The van der Waals surface area contributed by atoms with Gasteiger partial charge in [-0.1, -0.05) is 176 Å². The molecule has 0 aliphatic heterocycles. The molecule has 1 aromatic heterocycles. The molecule has 0 aliphatic rings. The summed E-state index contributed by atoms with van der Waals surface area (Å²) in [6.07, 6.45) is 0. The van der Waals surface area contributed by atoms with Crippen molar-refractivity contribution in [2.45, 2.75) is 0 Å². The van der Waals surface area contributed by atoms with Gasteiger partial charge in [0.15, 0.2) is 0 Å². The topological polar surface area (TPSA) is 3.24 Å². The van der Waals surface area contributed by atoms with Crippen molar-refractivity contribution in [1.29, 1.82) is 0 Å². The molecule has 0 atom stereocenters. The SMILES string of the molecule is c1ccc(-c2ccc(-c3ccc(N(c4ccccc4-c4ccccc4)c4cc5c6cc(-c7ccccc7)ccc6sc5c5ccccc45)cc3)cc2)cc1. The van der Waals surface area contributed by atoms with Gasteiger partial charge in [-0.2, -0.15) is 0 Å². The molecule has 10 rings (SSSR count). The molecular formula is C52H35NS. The number of anilines is 3. The predicted molar refractivity (Wildman–Crippen MR) is 233 cm³/mol. The molecule has 0 bridgehead atoms. The lowest BCUT2D eigenvalue weighted by molar-refractivity contribution is 1.30. The van der Waals surface area contributed by atoms with Gasteiger partial charge >= 0.3 is 0 Å². The minimum atomic E-state index is 1.11. The summed E-state index contributed by atoms with van der Waals surface area (Å²) in [5.74, 6) is 0. The maximum atomic E-state index is 2.47. The van der Waals surface area contributed by atoms with Crippen molar-refractivity contribution >= 4 is 59.3 Å². The third-order valence-corrected chi connectivity index (χ3v) is 11.7. The van der Waals surface area contributed by atoms with E-state index in [0.717, 1.165) is 17.1 Å². The van der Waals surface area contributed by atoms with Crippen LogP contribution in [0.4, 0.5) is 17.1 Å². The van der Waals surface area contributed by atoms with Gasteiger partial charge in [0.2, 0.25) is 0 Å². The second-order valence-corrected chi connectivity index (χ2v) is 14.8. The second kappa shape index (κ2) is 13.7. The van der Waals surface area contributed by atoms with E-state index in [-0.39, 0.29) is 0 Å². The van der Waals surface area contributed by atoms with Crippen molar-refractivity contribution in [2.24, 2.45) is 0 Å². The molecule has 1 heterocycles. The van der Waals surface area contributed by atoms with Gasteiger partial charge in [-0.25, -0.2) is 0 Å². The Balaban J connectivity index is 1.17. The minimum absolute atomic E-state index is 1.11. The van der Waals surface area contributed by atoms with Crippen LogP contribution in [0, 0.1) is 0 Å². The normalized spacial score (nSPS) is 11.3. The molecule has 254 valence electrons. The van der Waals surface area contributed by atoms with E-state index in [0.29, 0.717) is 0 Å². The first-order valence-corrected chi connectivity index (χ1v) is 19.2. The summed E-state index contributed by atoms with van der Waals surface area (Å²) >= 11 is 1.89. The smallest absolute Gasteiger partial charge is 0.0547 e. The van der Waals surface area contributed by atoms with Crippen LogP contribution >= 0.6 is 11.3 Å². The van der Waals surface area contributed by atoms with Crippen molar-refractivity contribution in [3.63, 3.8) is 0 Å². The Morgan fingerprint density at radius 1 is 0.296 bits per heavy atom. The van der Waals surface area contributed by atoms with E-state index in [4.69, 9.17) is 0 Å². The number of fused-ring (bicyclic) bond motifs is 5. The van der Waals surface area contributed by atoms with Crippen LogP contribution in [0.2, 0.25) is 0 Å². The van der Waals surface area contributed by atoms with Gasteiger partial charge in [-0.05, 0) is 75.3 Å². The summed E-state index contributed by atoms with van der Waals surface area (Å²) in [5, 5.41) is 5.06. The number of rotatable bonds is 7. The highest BCUT2D eigenvalue weighted by atomic mass is 32.1. The molecule has 0 N–H and O–H groups in total. The first-order valence-electron chi connectivity index (χ1n) is 18.4. The van der Waals surface area contributed by atoms with Crippen LogP contribution in [0.3, 0.4) is 0 Å². The molecule has 54 heavy (non-hydrogen) atoms. The molecule has 10 aromatic rings. The Morgan fingerprint density at radius 3 is 1.43 bits per heavy atom. The monoisotopic (exact) mass is 705 g/mol. The molecule has 1 nitrogen and oxygen atoms in total. The Bertz CT molecular complexity index is 2890. The highest BCUT2D eigenvalue weighted by Crippen LogP contribution is 2.48. The molecule has 0 fully saturated rings. The maximum Gasteiger partial charge on any atom is 0.0547 e. The number of hydrogen-bond acceptors (Lipinski definition) is 2. The van der Waals surface area contributed by atoms with Crippen molar-refractivity contribution < 1.29 is 0 Å². The van der Waals surface area contributed by atoms with Crippen LogP contribution in [-0.4, -0.2) is 0 Å². The summed E-state index contributed by atoms with van der Waals surface area (Å²) in [7, 11) is 0. The van der Waals surface area contributed by atoms with Gasteiger partial charge in [-0.15, -0.1) is 11.3 Å². The van der Waals surface area contributed by atoms with E-state index in [9.17, 15) is 0 Å². The van der Waals surface area contributed by atoms with E-state index in [1.165, 1.54) is 75.5 Å². The van der Waals surface area contributed by atoms with Gasteiger partial charge in [0.1, 0.15) is 0 Å². The maximum absolute atomic E-state index is 2.47. The van der Waals surface area contributed by atoms with Crippen molar-refractivity contribution in [1.82, 2.24) is 0 Å². The number of para-hydroxylation sites is 1. The molecule has 0 saturated heterocycles. The third-order valence-electron chi connectivity index (χ3n) is 10.5. The highest BCUT2D eigenvalue weighted by Gasteiger charge is 2.22.